The summed E-state index contributed by atoms with van der Waals surface area (Å²) < 4.78 is 33.5. The van der Waals surface area contributed by atoms with Gasteiger partial charge in [-0.3, -0.25) is 4.55 Å². The smallest absolute Gasteiger partial charge is 0.232 e. The molecule has 1 atom stereocenters. The molecule has 1 rings (SSSR count). The molecular weight excluding hydrogens is 181 g/mol. The Morgan fingerprint density at radius 1 is 1.50 bits per heavy atom. The first kappa shape index (κ1) is 9.31. The summed E-state index contributed by atoms with van der Waals surface area (Å²) in [5.74, 6) is -0.379. The summed E-state index contributed by atoms with van der Waals surface area (Å²) >= 11 is -2.09. The molecule has 0 aromatic heterocycles. The summed E-state index contributed by atoms with van der Waals surface area (Å²) in [5, 5.41) is 0. The van der Waals surface area contributed by atoms with Gasteiger partial charge < -0.3 is 0 Å². The van der Waals surface area contributed by atoms with Crippen molar-refractivity contribution in [1.82, 2.24) is 4.72 Å². The number of hydrogen-bond acceptors (Lipinski definition) is 1. The van der Waals surface area contributed by atoms with Crippen LogP contribution in [0.4, 0.5) is 4.39 Å². The number of benzene rings is 1. The van der Waals surface area contributed by atoms with E-state index < -0.39 is 11.3 Å². The van der Waals surface area contributed by atoms with Crippen molar-refractivity contribution in [2.75, 3.05) is 0 Å². The molecule has 0 saturated carbocycles. The molecule has 0 aliphatic heterocycles. The van der Waals surface area contributed by atoms with Crippen molar-refractivity contribution in [3.05, 3.63) is 35.6 Å². The van der Waals surface area contributed by atoms with Crippen LogP contribution in [0, 0.1) is 5.82 Å². The van der Waals surface area contributed by atoms with Gasteiger partial charge in [-0.2, -0.15) is 0 Å². The highest BCUT2D eigenvalue weighted by molar-refractivity contribution is 7.77. The first-order chi connectivity index (χ1) is 5.70. The molecule has 0 saturated heterocycles. The van der Waals surface area contributed by atoms with Crippen molar-refractivity contribution < 1.29 is 13.2 Å². The van der Waals surface area contributed by atoms with Crippen LogP contribution in [-0.2, 0) is 17.8 Å². The van der Waals surface area contributed by atoms with Crippen LogP contribution in [0.25, 0.3) is 0 Å². The SMILES string of the molecule is O=S(O)NCc1ccccc1F. The summed E-state index contributed by atoms with van der Waals surface area (Å²) in [4.78, 5) is 0. The highest BCUT2D eigenvalue weighted by Gasteiger charge is 2.00. The Balaban J connectivity index is 2.63. The highest BCUT2D eigenvalue weighted by atomic mass is 32.2. The van der Waals surface area contributed by atoms with Crippen molar-refractivity contribution in [2.45, 2.75) is 6.54 Å². The first-order valence-electron chi connectivity index (χ1n) is 3.28. The lowest BCUT2D eigenvalue weighted by Crippen LogP contribution is -2.16. The number of halogens is 1. The van der Waals surface area contributed by atoms with Crippen LogP contribution in [0.1, 0.15) is 5.56 Å². The third-order valence-corrected chi connectivity index (χ3v) is 1.74. The van der Waals surface area contributed by atoms with Gasteiger partial charge in [-0.05, 0) is 6.07 Å². The van der Waals surface area contributed by atoms with Crippen molar-refractivity contribution in [1.29, 1.82) is 0 Å². The summed E-state index contributed by atoms with van der Waals surface area (Å²) in [7, 11) is 0. The standard InChI is InChI=1S/C7H8FNO2S/c8-7-4-2-1-3-6(7)5-9-12(10)11/h1-4,9H,5H2,(H,10,11). The molecule has 0 aliphatic rings. The lowest BCUT2D eigenvalue weighted by atomic mass is 10.2. The predicted molar refractivity (Wildman–Crippen MR) is 44.0 cm³/mol. The Labute approximate surface area is 72.0 Å². The van der Waals surface area contributed by atoms with E-state index in [2.05, 4.69) is 4.72 Å². The largest absolute Gasteiger partial charge is 0.294 e. The van der Waals surface area contributed by atoms with Gasteiger partial charge in [0.15, 0.2) is 0 Å². The maximum absolute atomic E-state index is 12.8. The Morgan fingerprint density at radius 3 is 2.75 bits per heavy atom. The molecule has 0 aliphatic carbocycles. The van der Waals surface area contributed by atoms with Crippen molar-refractivity contribution >= 4 is 11.3 Å². The van der Waals surface area contributed by atoms with E-state index in [-0.39, 0.29) is 12.4 Å². The van der Waals surface area contributed by atoms with Gasteiger partial charge in [-0.1, -0.05) is 18.2 Å². The molecule has 66 valence electrons. The topological polar surface area (TPSA) is 49.3 Å². The fourth-order valence-electron chi connectivity index (χ4n) is 0.781. The average Bonchev–Trinajstić information content (AvgIpc) is 2.03. The molecule has 12 heavy (non-hydrogen) atoms. The molecule has 1 unspecified atom stereocenters. The van der Waals surface area contributed by atoms with E-state index in [0.717, 1.165) is 0 Å². The number of hydrogen-bond donors (Lipinski definition) is 2. The molecule has 0 heterocycles. The molecule has 0 radical (unpaired) electrons. The van der Waals surface area contributed by atoms with Crippen LogP contribution < -0.4 is 4.72 Å². The lowest BCUT2D eigenvalue weighted by Gasteiger charge is -2.00. The van der Waals surface area contributed by atoms with E-state index >= 15 is 0 Å². The van der Waals surface area contributed by atoms with Crippen LogP contribution in [0.15, 0.2) is 24.3 Å². The second-order valence-corrected chi connectivity index (χ2v) is 2.95. The fraction of sp³-hybridized carbons (Fsp3) is 0.143. The number of nitrogens with one attached hydrogen (secondary N) is 1. The summed E-state index contributed by atoms with van der Waals surface area (Å²) in [6, 6.07) is 6.08. The molecular formula is C7H8FNO2S. The zero-order chi connectivity index (χ0) is 8.97. The van der Waals surface area contributed by atoms with Crippen molar-refractivity contribution in [2.24, 2.45) is 0 Å². The van der Waals surface area contributed by atoms with Gasteiger partial charge in [0, 0.05) is 12.1 Å². The van der Waals surface area contributed by atoms with Gasteiger partial charge in [0.2, 0.25) is 11.3 Å². The maximum atomic E-state index is 12.8. The normalized spacial score (nSPS) is 12.8. The molecule has 0 bridgehead atoms. The van der Waals surface area contributed by atoms with Gasteiger partial charge in [0.1, 0.15) is 5.82 Å². The third-order valence-electron chi connectivity index (χ3n) is 1.34. The Kier molecular flexibility index (Phi) is 3.33. The minimum atomic E-state index is -2.09. The second kappa shape index (κ2) is 4.30. The van der Waals surface area contributed by atoms with E-state index in [0.29, 0.717) is 5.56 Å². The van der Waals surface area contributed by atoms with Gasteiger partial charge in [-0.15, -0.1) is 0 Å². The quantitative estimate of drug-likeness (QED) is 0.698. The molecule has 3 nitrogen and oxygen atoms in total. The zero-order valence-electron chi connectivity index (χ0n) is 6.16. The predicted octanol–water partition coefficient (Wildman–Crippen LogP) is 1.05. The summed E-state index contributed by atoms with van der Waals surface area (Å²) in [5.41, 5.74) is 0.375. The van der Waals surface area contributed by atoms with E-state index in [1.54, 1.807) is 18.2 Å². The lowest BCUT2D eigenvalue weighted by molar-refractivity contribution is 0.545. The summed E-state index contributed by atoms with van der Waals surface area (Å²) in [6.07, 6.45) is 0. The number of rotatable bonds is 3. The van der Waals surface area contributed by atoms with Gasteiger partial charge in [-0.25, -0.2) is 13.3 Å². The van der Waals surface area contributed by atoms with E-state index in [1.165, 1.54) is 6.07 Å². The van der Waals surface area contributed by atoms with Crippen LogP contribution in [0.3, 0.4) is 0 Å². The Morgan fingerprint density at radius 2 is 2.17 bits per heavy atom. The first-order valence-corrected chi connectivity index (χ1v) is 4.38. The Hall–Kier alpha value is -0.780. The van der Waals surface area contributed by atoms with Gasteiger partial charge >= 0.3 is 0 Å². The molecule has 0 fully saturated rings. The average molecular weight is 189 g/mol. The van der Waals surface area contributed by atoms with Crippen molar-refractivity contribution in [3.8, 4) is 0 Å². The minimum Gasteiger partial charge on any atom is -0.294 e. The monoisotopic (exact) mass is 189 g/mol. The zero-order valence-corrected chi connectivity index (χ0v) is 6.97. The van der Waals surface area contributed by atoms with Crippen LogP contribution >= 0.6 is 0 Å². The van der Waals surface area contributed by atoms with Gasteiger partial charge in [0.25, 0.3) is 0 Å². The molecule has 1 aromatic rings. The van der Waals surface area contributed by atoms with Crippen molar-refractivity contribution in [3.63, 3.8) is 0 Å². The highest BCUT2D eigenvalue weighted by Crippen LogP contribution is 2.05. The van der Waals surface area contributed by atoms with Crippen LogP contribution in [0.5, 0.6) is 0 Å². The van der Waals surface area contributed by atoms with Gasteiger partial charge in [0.05, 0.1) is 0 Å². The fourth-order valence-corrected chi connectivity index (χ4v) is 1.06. The molecule has 2 N–H and O–H groups in total. The maximum Gasteiger partial charge on any atom is 0.232 e. The van der Waals surface area contributed by atoms with E-state index in [9.17, 15) is 8.60 Å². The Bertz CT molecular complexity index is 292. The molecule has 5 heteroatoms. The molecule has 0 spiro atoms. The van der Waals surface area contributed by atoms with E-state index in [4.69, 9.17) is 4.55 Å². The second-order valence-electron chi connectivity index (χ2n) is 2.16. The molecule has 0 amide bonds. The molecule has 1 aromatic carbocycles. The van der Waals surface area contributed by atoms with Crippen LogP contribution in [0.2, 0.25) is 0 Å². The minimum absolute atomic E-state index is 0.0514. The van der Waals surface area contributed by atoms with E-state index in [1.807, 2.05) is 0 Å². The van der Waals surface area contributed by atoms with Crippen LogP contribution in [-0.4, -0.2) is 8.76 Å². The summed E-state index contributed by atoms with van der Waals surface area (Å²) in [6.45, 7) is 0.0514. The third kappa shape index (κ3) is 2.69.